The Bertz CT molecular complexity index is 611. The summed E-state index contributed by atoms with van der Waals surface area (Å²) >= 11 is 6.93. The van der Waals surface area contributed by atoms with Crippen LogP contribution < -0.4 is 5.32 Å². The lowest BCUT2D eigenvalue weighted by molar-refractivity contribution is 0.450. The van der Waals surface area contributed by atoms with Gasteiger partial charge < -0.3 is 9.73 Å². The maximum absolute atomic E-state index is 5.63. The normalized spacial score (nSPS) is 13.3. The number of thiophene rings is 2. The fraction of sp³-hybridized carbons (Fsp3) is 0.167. The van der Waals surface area contributed by atoms with Crippen LogP contribution >= 0.6 is 38.6 Å². The molecule has 1 unspecified atom stereocenters. The summed E-state index contributed by atoms with van der Waals surface area (Å²) in [5, 5.41) is 5.43. The van der Waals surface area contributed by atoms with E-state index < -0.39 is 0 Å². The van der Waals surface area contributed by atoms with Crippen LogP contribution in [0.25, 0.3) is 9.40 Å². The van der Waals surface area contributed by atoms with Gasteiger partial charge in [-0.15, -0.1) is 22.7 Å². The number of nitrogens with one attached hydrogen (secondary N) is 1. The van der Waals surface area contributed by atoms with Crippen molar-refractivity contribution in [2.75, 3.05) is 7.05 Å². The van der Waals surface area contributed by atoms with Crippen LogP contribution in [0.5, 0.6) is 0 Å². The second-order valence-corrected chi connectivity index (χ2v) is 6.51. The standard InChI is InChI=1S/C12H10BrNOS2/c1-14-12(7-2-3-11(13)15-7)10-6-9-8(17-10)4-5-16-9/h2-6,12,14H,1H3. The quantitative estimate of drug-likeness (QED) is 0.758. The van der Waals surface area contributed by atoms with Gasteiger partial charge in [-0.2, -0.15) is 0 Å². The van der Waals surface area contributed by atoms with Crippen molar-refractivity contribution in [3.8, 4) is 0 Å². The number of fused-ring (bicyclic) bond motifs is 1. The van der Waals surface area contributed by atoms with Gasteiger partial charge in [0.25, 0.3) is 0 Å². The van der Waals surface area contributed by atoms with Gasteiger partial charge in [-0.25, -0.2) is 0 Å². The van der Waals surface area contributed by atoms with Crippen LogP contribution in [0, 0.1) is 0 Å². The summed E-state index contributed by atoms with van der Waals surface area (Å²) in [4.78, 5) is 1.29. The first-order chi connectivity index (χ1) is 8.28. The van der Waals surface area contributed by atoms with E-state index in [0.717, 1.165) is 10.4 Å². The Kier molecular flexibility index (Phi) is 3.08. The molecule has 0 spiro atoms. The van der Waals surface area contributed by atoms with E-state index in [9.17, 15) is 0 Å². The summed E-state index contributed by atoms with van der Waals surface area (Å²) < 4.78 is 9.08. The first kappa shape index (κ1) is 11.5. The lowest BCUT2D eigenvalue weighted by atomic mass is 10.2. The van der Waals surface area contributed by atoms with Gasteiger partial charge in [-0.05, 0) is 52.6 Å². The molecule has 2 nitrogen and oxygen atoms in total. The molecule has 0 aliphatic carbocycles. The topological polar surface area (TPSA) is 25.2 Å². The monoisotopic (exact) mass is 327 g/mol. The molecule has 3 aromatic rings. The first-order valence-corrected chi connectivity index (χ1v) is 7.66. The van der Waals surface area contributed by atoms with Crippen molar-refractivity contribution in [3.63, 3.8) is 0 Å². The van der Waals surface area contributed by atoms with Crippen LogP contribution in [0.4, 0.5) is 0 Å². The highest BCUT2D eigenvalue weighted by Crippen LogP contribution is 2.36. The van der Waals surface area contributed by atoms with Gasteiger partial charge in [0, 0.05) is 14.3 Å². The van der Waals surface area contributed by atoms with Gasteiger partial charge in [0.2, 0.25) is 0 Å². The van der Waals surface area contributed by atoms with Crippen molar-refractivity contribution < 1.29 is 4.42 Å². The highest BCUT2D eigenvalue weighted by atomic mass is 79.9. The summed E-state index contributed by atoms with van der Waals surface area (Å²) in [6.07, 6.45) is 0. The van der Waals surface area contributed by atoms with Crippen molar-refractivity contribution in [1.82, 2.24) is 5.32 Å². The molecule has 0 aliphatic heterocycles. The number of hydrogen-bond donors (Lipinski definition) is 1. The molecule has 0 bridgehead atoms. The van der Waals surface area contributed by atoms with Crippen molar-refractivity contribution >= 4 is 48.0 Å². The van der Waals surface area contributed by atoms with Gasteiger partial charge in [-0.3, -0.25) is 0 Å². The molecule has 0 aromatic carbocycles. The highest BCUT2D eigenvalue weighted by molar-refractivity contribution is 9.10. The molecular formula is C12H10BrNOS2. The fourth-order valence-corrected chi connectivity index (χ4v) is 4.39. The molecule has 0 aliphatic rings. The molecule has 1 atom stereocenters. The number of furan rings is 1. The number of rotatable bonds is 3. The predicted octanol–water partition coefficient (Wildman–Crippen LogP) is 4.63. The van der Waals surface area contributed by atoms with Crippen molar-refractivity contribution in [2.24, 2.45) is 0 Å². The third-order valence-corrected chi connectivity index (χ3v) is 5.19. The minimum absolute atomic E-state index is 0.130. The van der Waals surface area contributed by atoms with Gasteiger partial charge in [0.05, 0.1) is 0 Å². The molecule has 0 radical (unpaired) electrons. The smallest absolute Gasteiger partial charge is 0.169 e. The zero-order valence-corrected chi connectivity index (χ0v) is 12.3. The highest BCUT2D eigenvalue weighted by Gasteiger charge is 2.18. The SMILES string of the molecule is CNC(c1ccc(Br)o1)c1cc2sccc2s1. The summed E-state index contributed by atoms with van der Waals surface area (Å²) in [7, 11) is 1.95. The van der Waals surface area contributed by atoms with Crippen molar-refractivity contribution in [2.45, 2.75) is 6.04 Å². The second kappa shape index (κ2) is 4.57. The summed E-state index contributed by atoms with van der Waals surface area (Å²) in [5.74, 6) is 0.938. The van der Waals surface area contributed by atoms with E-state index in [1.807, 2.05) is 30.5 Å². The fourth-order valence-electron chi connectivity index (χ4n) is 1.83. The zero-order chi connectivity index (χ0) is 11.8. The lowest BCUT2D eigenvalue weighted by Crippen LogP contribution is -2.15. The molecule has 3 rings (SSSR count). The van der Waals surface area contributed by atoms with Gasteiger partial charge in [0.15, 0.2) is 4.67 Å². The Hall–Kier alpha value is -0.620. The number of halogens is 1. The average molecular weight is 328 g/mol. The molecule has 5 heteroatoms. The van der Waals surface area contributed by atoms with E-state index in [1.54, 1.807) is 11.3 Å². The van der Waals surface area contributed by atoms with Crippen LogP contribution in [0.15, 0.2) is 38.7 Å². The molecule has 3 aromatic heterocycles. The third kappa shape index (κ3) is 2.08. The third-order valence-electron chi connectivity index (χ3n) is 2.61. The van der Waals surface area contributed by atoms with Crippen molar-refractivity contribution in [1.29, 1.82) is 0 Å². The molecule has 3 heterocycles. The minimum atomic E-state index is 0.130. The van der Waals surface area contributed by atoms with E-state index >= 15 is 0 Å². The minimum Gasteiger partial charge on any atom is -0.452 e. The van der Waals surface area contributed by atoms with Gasteiger partial charge in [0.1, 0.15) is 11.8 Å². The maximum Gasteiger partial charge on any atom is 0.169 e. The number of hydrogen-bond acceptors (Lipinski definition) is 4. The van der Waals surface area contributed by atoms with Gasteiger partial charge >= 0.3 is 0 Å². The van der Waals surface area contributed by atoms with Gasteiger partial charge in [-0.1, -0.05) is 0 Å². The van der Waals surface area contributed by atoms with Crippen LogP contribution in [0.2, 0.25) is 0 Å². The molecule has 88 valence electrons. The average Bonchev–Trinajstić information content (AvgIpc) is 2.95. The van der Waals surface area contributed by atoms with E-state index in [4.69, 9.17) is 4.42 Å². The second-order valence-electron chi connectivity index (χ2n) is 3.66. The van der Waals surface area contributed by atoms with Crippen LogP contribution in [0.1, 0.15) is 16.7 Å². The molecule has 0 fully saturated rings. The summed E-state index contributed by atoms with van der Waals surface area (Å²) in [6.45, 7) is 0. The molecule has 0 saturated heterocycles. The zero-order valence-electron chi connectivity index (χ0n) is 9.07. The molecule has 17 heavy (non-hydrogen) atoms. The van der Waals surface area contributed by atoms with E-state index in [2.05, 4.69) is 38.8 Å². The largest absolute Gasteiger partial charge is 0.452 e. The lowest BCUT2D eigenvalue weighted by Gasteiger charge is -2.10. The molecule has 1 N–H and O–H groups in total. The van der Waals surface area contributed by atoms with Crippen LogP contribution in [0.3, 0.4) is 0 Å². The van der Waals surface area contributed by atoms with E-state index in [0.29, 0.717) is 0 Å². The maximum atomic E-state index is 5.63. The Morgan fingerprint density at radius 1 is 1.29 bits per heavy atom. The predicted molar refractivity (Wildman–Crippen MR) is 77.0 cm³/mol. The Morgan fingerprint density at radius 2 is 2.18 bits per heavy atom. The Balaban J connectivity index is 2.03. The first-order valence-electron chi connectivity index (χ1n) is 5.17. The molecular weight excluding hydrogens is 318 g/mol. The van der Waals surface area contributed by atoms with Crippen molar-refractivity contribution in [3.05, 3.63) is 45.0 Å². The Morgan fingerprint density at radius 3 is 2.82 bits per heavy atom. The van der Waals surface area contributed by atoms with E-state index in [1.165, 1.54) is 14.3 Å². The van der Waals surface area contributed by atoms with E-state index in [-0.39, 0.29) is 6.04 Å². The molecule has 0 saturated carbocycles. The van der Waals surface area contributed by atoms with Crippen LogP contribution in [-0.2, 0) is 0 Å². The Labute approximate surface area is 115 Å². The molecule has 0 amide bonds. The van der Waals surface area contributed by atoms with Crippen LogP contribution in [-0.4, -0.2) is 7.05 Å². The summed E-state index contributed by atoms with van der Waals surface area (Å²) in [5.41, 5.74) is 0. The summed E-state index contributed by atoms with van der Waals surface area (Å²) in [6, 6.07) is 8.46.